The molecule has 2 aromatic carbocycles. The quantitative estimate of drug-likeness (QED) is 0.415. The molecule has 5 heteroatoms. The molecule has 0 saturated carbocycles. The molecular weight excluding hydrogens is 427 g/mol. The van der Waals surface area contributed by atoms with Crippen LogP contribution in [0.3, 0.4) is 0 Å². The highest BCUT2D eigenvalue weighted by atomic mass is 127. The summed E-state index contributed by atoms with van der Waals surface area (Å²) in [5, 5.41) is 14.1. The van der Waals surface area contributed by atoms with E-state index in [9.17, 15) is 9.90 Å². The third kappa shape index (κ3) is 4.05. The Morgan fingerprint density at radius 3 is 1.76 bits per heavy atom. The molecule has 1 aromatic heterocycles. The van der Waals surface area contributed by atoms with Crippen molar-refractivity contribution in [3.63, 3.8) is 0 Å². The zero-order valence-corrected chi connectivity index (χ0v) is 15.9. The molecule has 0 aliphatic heterocycles. The summed E-state index contributed by atoms with van der Waals surface area (Å²) in [6.45, 7) is 0. The number of carbonyl (C=O) groups excluding carboxylic acids is 1. The minimum Gasteiger partial charge on any atom is -1.00 e. The fourth-order valence-electron chi connectivity index (χ4n) is 2.59. The van der Waals surface area contributed by atoms with Crippen LogP contribution in [-0.2, 0) is 17.4 Å². The number of rotatable bonds is 4. The molecule has 1 heterocycles. The van der Waals surface area contributed by atoms with E-state index in [1.54, 1.807) is 60.7 Å². The highest BCUT2D eigenvalue weighted by Crippen LogP contribution is 2.31. The summed E-state index contributed by atoms with van der Waals surface area (Å²) < 4.78 is 1.87. The number of hydrogen-bond acceptors (Lipinski definition) is 2. The monoisotopic (exact) mass is 446 g/mol. The number of nitrogens with zero attached hydrogens (tertiary/aromatic N) is 1. The predicted octanol–water partition coefficient (Wildman–Crippen LogP) is -0.610. The van der Waals surface area contributed by atoms with Crippen molar-refractivity contribution >= 4 is 11.6 Å². The van der Waals surface area contributed by atoms with Gasteiger partial charge < -0.3 is 34.4 Å². The summed E-state index contributed by atoms with van der Waals surface area (Å²) in [5.41, 5.74) is -0.0886. The Labute approximate surface area is 164 Å². The minimum atomic E-state index is -1.76. The normalized spacial score (nSPS) is 10.6. The van der Waals surface area contributed by atoms with E-state index in [2.05, 4.69) is 5.32 Å². The molecule has 0 atom stereocenters. The summed E-state index contributed by atoms with van der Waals surface area (Å²) in [7, 11) is 1.90. The molecule has 128 valence electrons. The molecule has 0 radical (unpaired) electrons. The van der Waals surface area contributed by atoms with Crippen molar-refractivity contribution in [3.05, 3.63) is 96.3 Å². The number of carbonyl (C=O) groups is 1. The first-order valence-electron chi connectivity index (χ1n) is 7.71. The Hall–Kier alpha value is -2.25. The summed E-state index contributed by atoms with van der Waals surface area (Å²) in [6.07, 6.45) is 3.67. The van der Waals surface area contributed by atoms with Crippen molar-refractivity contribution in [2.75, 3.05) is 5.32 Å². The van der Waals surface area contributed by atoms with Crippen molar-refractivity contribution in [1.29, 1.82) is 0 Å². The number of hydrogen-bond donors (Lipinski definition) is 2. The van der Waals surface area contributed by atoms with E-state index in [4.69, 9.17) is 0 Å². The van der Waals surface area contributed by atoms with Crippen LogP contribution < -0.4 is 33.9 Å². The number of aliphatic hydroxyl groups is 1. The van der Waals surface area contributed by atoms with Gasteiger partial charge in [-0.2, -0.15) is 0 Å². The second kappa shape index (κ2) is 8.22. The zero-order valence-electron chi connectivity index (χ0n) is 13.8. The lowest BCUT2D eigenvalue weighted by Crippen LogP contribution is -3.00. The average molecular weight is 446 g/mol. The van der Waals surface area contributed by atoms with Crippen molar-refractivity contribution in [2.45, 2.75) is 5.60 Å². The number of nitrogens with one attached hydrogen (secondary N) is 1. The lowest BCUT2D eigenvalue weighted by atomic mass is 9.85. The first-order chi connectivity index (χ1) is 11.6. The Morgan fingerprint density at radius 2 is 1.32 bits per heavy atom. The van der Waals surface area contributed by atoms with Crippen molar-refractivity contribution < 1.29 is 38.4 Å². The summed E-state index contributed by atoms with van der Waals surface area (Å²) in [5.74, 6) is -0.492. The van der Waals surface area contributed by atoms with Gasteiger partial charge in [0.2, 0.25) is 0 Å². The molecule has 25 heavy (non-hydrogen) atoms. The fourth-order valence-corrected chi connectivity index (χ4v) is 2.59. The van der Waals surface area contributed by atoms with Crippen LogP contribution in [0, 0.1) is 0 Å². The number of anilines is 1. The fraction of sp³-hybridized carbons (Fsp3) is 0.100. The molecule has 3 rings (SSSR count). The highest BCUT2D eigenvalue weighted by Gasteiger charge is 2.39. The first kappa shape index (κ1) is 19.1. The van der Waals surface area contributed by atoms with Gasteiger partial charge in [0.1, 0.15) is 7.05 Å². The van der Waals surface area contributed by atoms with Gasteiger partial charge >= 0.3 is 0 Å². The first-order valence-corrected chi connectivity index (χ1v) is 7.71. The summed E-state index contributed by atoms with van der Waals surface area (Å²) >= 11 is 0. The number of pyridine rings is 1. The minimum absolute atomic E-state index is 0. The van der Waals surface area contributed by atoms with Gasteiger partial charge in [-0.05, 0) is 11.1 Å². The number of benzene rings is 2. The van der Waals surface area contributed by atoms with Gasteiger partial charge in [0, 0.05) is 12.1 Å². The largest absolute Gasteiger partial charge is 1.00 e. The Balaban J connectivity index is 0.00000225. The van der Waals surface area contributed by atoms with Crippen LogP contribution in [0.4, 0.5) is 5.69 Å². The van der Waals surface area contributed by atoms with Gasteiger partial charge in [-0.3, -0.25) is 4.79 Å². The maximum atomic E-state index is 13.0. The van der Waals surface area contributed by atoms with E-state index in [0.29, 0.717) is 16.8 Å². The second-order valence-electron chi connectivity index (χ2n) is 5.65. The Morgan fingerprint density at radius 1 is 0.880 bits per heavy atom. The van der Waals surface area contributed by atoms with Crippen molar-refractivity contribution in [3.8, 4) is 0 Å². The SMILES string of the molecule is C[n+]1ccc(NC(=O)C(O)(c2ccccc2)c2ccccc2)cc1.[I-]. The van der Waals surface area contributed by atoms with Gasteiger partial charge in [-0.15, -0.1) is 0 Å². The van der Waals surface area contributed by atoms with Crippen LogP contribution in [-0.4, -0.2) is 11.0 Å². The molecule has 3 aromatic rings. The van der Waals surface area contributed by atoms with Crippen LogP contribution >= 0.6 is 0 Å². The van der Waals surface area contributed by atoms with Gasteiger partial charge in [0.05, 0.1) is 5.69 Å². The molecule has 1 amide bonds. The lowest BCUT2D eigenvalue weighted by Gasteiger charge is -2.28. The van der Waals surface area contributed by atoms with E-state index >= 15 is 0 Å². The van der Waals surface area contributed by atoms with Gasteiger partial charge in [0.15, 0.2) is 18.0 Å². The van der Waals surface area contributed by atoms with Gasteiger partial charge in [0.25, 0.3) is 5.91 Å². The molecular formula is C20H19IN2O2. The number of amides is 1. The van der Waals surface area contributed by atoms with Crippen LogP contribution in [0.25, 0.3) is 0 Å². The van der Waals surface area contributed by atoms with Crippen LogP contribution in [0.1, 0.15) is 11.1 Å². The lowest BCUT2D eigenvalue weighted by molar-refractivity contribution is -0.671. The van der Waals surface area contributed by atoms with Crippen molar-refractivity contribution in [1.82, 2.24) is 0 Å². The highest BCUT2D eigenvalue weighted by molar-refractivity contribution is 6.00. The average Bonchev–Trinajstić information content (AvgIpc) is 2.64. The summed E-state index contributed by atoms with van der Waals surface area (Å²) in [6, 6.07) is 21.5. The molecule has 0 unspecified atom stereocenters. The number of aromatic nitrogens is 1. The maximum absolute atomic E-state index is 13.0. The Bertz CT molecular complexity index is 782. The van der Waals surface area contributed by atoms with Gasteiger partial charge in [-0.25, -0.2) is 4.57 Å². The van der Waals surface area contributed by atoms with Crippen molar-refractivity contribution in [2.24, 2.45) is 7.05 Å². The number of aryl methyl sites for hydroxylation is 1. The molecule has 0 fully saturated rings. The third-order valence-electron chi connectivity index (χ3n) is 3.95. The molecule has 0 saturated heterocycles. The number of halogens is 1. The van der Waals surface area contributed by atoms with E-state index in [0.717, 1.165) is 0 Å². The third-order valence-corrected chi connectivity index (χ3v) is 3.95. The maximum Gasteiger partial charge on any atom is 0.265 e. The molecule has 0 aliphatic carbocycles. The zero-order chi connectivity index (χ0) is 17.0. The molecule has 0 aliphatic rings. The van der Waals surface area contributed by atoms with Gasteiger partial charge in [-0.1, -0.05) is 60.7 Å². The van der Waals surface area contributed by atoms with E-state index in [1.807, 2.05) is 36.1 Å². The van der Waals surface area contributed by atoms with Crippen LogP contribution in [0.2, 0.25) is 0 Å². The molecule has 0 spiro atoms. The summed E-state index contributed by atoms with van der Waals surface area (Å²) in [4.78, 5) is 13.0. The standard InChI is InChI=1S/C20H18N2O2.HI/c1-22-14-12-18(13-15-22)21-19(23)20(24,16-8-4-2-5-9-16)17-10-6-3-7-11-17;/h2-15,24H,1H3;1H. The molecule has 0 bridgehead atoms. The molecule has 2 N–H and O–H groups in total. The smallest absolute Gasteiger partial charge is 0.265 e. The van der Waals surface area contributed by atoms with E-state index in [1.165, 1.54) is 0 Å². The Kier molecular flexibility index (Phi) is 6.27. The van der Waals surface area contributed by atoms with E-state index < -0.39 is 11.5 Å². The molecule has 4 nitrogen and oxygen atoms in total. The predicted molar refractivity (Wildman–Crippen MR) is 92.1 cm³/mol. The van der Waals surface area contributed by atoms with Crippen LogP contribution in [0.5, 0.6) is 0 Å². The topological polar surface area (TPSA) is 53.2 Å². The second-order valence-corrected chi connectivity index (χ2v) is 5.65. The van der Waals surface area contributed by atoms with Crippen LogP contribution in [0.15, 0.2) is 85.2 Å². The van der Waals surface area contributed by atoms with E-state index in [-0.39, 0.29) is 24.0 Å².